The van der Waals surface area contributed by atoms with Gasteiger partial charge in [-0.15, -0.1) is 0 Å². The third-order valence-electron chi connectivity index (χ3n) is 1.96. The topological polar surface area (TPSA) is 89.5 Å². The van der Waals surface area contributed by atoms with Gasteiger partial charge >= 0.3 is 0 Å². The number of hydrogen-bond acceptors (Lipinski definition) is 4. The minimum absolute atomic E-state index is 0.000556. The number of rotatable bonds is 2. The van der Waals surface area contributed by atoms with Gasteiger partial charge in [-0.05, 0) is 6.07 Å². The first-order valence-corrected chi connectivity index (χ1v) is 4.67. The lowest BCUT2D eigenvalue weighted by atomic mass is 10.1. The molecule has 1 aromatic carbocycles. The van der Waals surface area contributed by atoms with Crippen molar-refractivity contribution in [2.45, 2.75) is 0 Å². The van der Waals surface area contributed by atoms with Crippen LogP contribution in [0.15, 0.2) is 12.1 Å². The number of nitrogens with two attached hydrogens (primary N) is 1. The summed E-state index contributed by atoms with van der Waals surface area (Å²) in [6, 6.07) is 2.43. The Bertz CT molecular complexity index is 460. The van der Waals surface area contributed by atoms with Crippen molar-refractivity contribution < 1.29 is 9.72 Å². The lowest BCUT2D eigenvalue weighted by molar-refractivity contribution is -0.383. The average Bonchev–Trinajstić information content (AvgIpc) is 2.20. The standard InChI is InChI=1S/C9H10ClN3O3/c1-12(2)9(14)5-3-6(10)8(11)7(4-5)13(15)16/h3-4H,11H2,1-2H3. The molecule has 0 aliphatic heterocycles. The summed E-state index contributed by atoms with van der Waals surface area (Å²) in [5.41, 5.74) is 5.06. The molecule has 0 atom stereocenters. The number of nitrogen functional groups attached to an aromatic ring is 1. The van der Waals surface area contributed by atoms with Gasteiger partial charge in [0.25, 0.3) is 11.6 Å². The van der Waals surface area contributed by atoms with Gasteiger partial charge in [-0.2, -0.15) is 0 Å². The third kappa shape index (κ3) is 2.22. The number of benzene rings is 1. The molecule has 86 valence electrons. The fourth-order valence-corrected chi connectivity index (χ4v) is 1.35. The molecule has 0 heterocycles. The smallest absolute Gasteiger partial charge is 0.294 e. The molecule has 6 nitrogen and oxygen atoms in total. The fourth-order valence-electron chi connectivity index (χ4n) is 1.14. The Kier molecular flexibility index (Phi) is 3.34. The van der Waals surface area contributed by atoms with E-state index < -0.39 is 4.92 Å². The van der Waals surface area contributed by atoms with Crippen molar-refractivity contribution in [1.29, 1.82) is 0 Å². The summed E-state index contributed by atoms with van der Waals surface area (Å²) in [4.78, 5) is 22.9. The fraction of sp³-hybridized carbons (Fsp3) is 0.222. The lowest BCUT2D eigenvalue weighted by Gasteiger charge is -2.11. The van der Waals surface area contributed by atoms with E-state index in [2.05, 4.69) is 0 Å². The zero-order valence-corrected chi connectivity index (χ0v) is 9.49. The first-order chi connectivity index (χ1) is 7.34. The van der Waals surface area contributed by atoms with E-state index in [1.807, 2.05) is 0 Å². The maximum atomic E-state index is 11.6. The van der Waals surface area contributed by atoms with Crippen LogP contribution in [0.1, 0.15) is 10.4 Å². The second kappa shape index (κ2) is 4.36. The molecule has 0 fully saturated rings. The van der Waals surface area contributed by atoms with Crippen molar-refractivity contribution >= 4 is 28.9 Å². The van der Waals surface area contributed by atoms with E-state index in [9.17, 15) is 14.9 Å². The second-order valence-corrected chi connectivity index (χ2v) is 3.75. The first-order valence-electron chi connectivity index (χ1n) is 4.29. The summed E-state index contributed by atoms with van der Waals surface area (Å²) >= 11 is 5.71. The largest absolute Gasteiger partial charge is 0.392 e. The molecule has 0 unspecified atom stereocenters. The number of nitro benzene ring substituents is 1. The van der Waals surface area contributed by atoms with Crippen molar-refractivity contribution in [3.63, 3.8) is 0 Å². The third-order valence-corrected chi connectivity index (χ3v) is 2.27. The van der Waals surface area contributed by atoms with Gasteiger partial charge in [-0.25, -0.2) is 0 Å². The van der Waals surface area contributed by atoms with Gasteiger partial charge in [0.1, 0.15) is 5.69 Å². The number of nitrogens with zero attached hydrogens (tertiary/aromatic N) is 2. The van der Waals surface area contributed by atoms with Crippen LogP contribution >= 0.6 is 11.6 Å². The Hall–Kier alpha value is -1.82. The van der Waals surface area contributed by atoms with Gasteiger partial charge in [0.2, 0.25) is 0 Å². The summed E-state index contributed by atoms with van der Waals surface area (Å²) in [5.74, 6) is -0.370. The van der Waals surface area contributed by atoms with E-state index in [1.165, 1.54) is 11.0 Å². The molecule has 0 saturated heterocycles. The summed E-state index contributed by atoms with van der Waals surface area (Å²) in [6.45, 7) is 0. The normalized spacial score (nSPS) is 9.94. The second-order valence-electron chi connectivity index (χ2n) is 3.35. The molecule has 0 aliphatic rings. The zero-order chi connectivity index (χ0) is 12.5. The van der Waals surface area contributed by atoms with Crippen LogP contribution in [0.5, 0.6) is 0 Å². The molecule has 2 N–H and O–H groups in total. The highest BCUT2D eigenvalue weighted by Crippen LogP contribution is 2.31. The number of hydrogen-bond donors (Lipinski definition) is 1. The summed E-state index contributed by atoms with van der Waals surface area (Å²) < 4.78 is 0. The molecule has 1 amide bonds. The first kappa shape index (κ1) is 12.3. The van der Waals surface area contributed by atoms with Gasteiger partial charge < -0.3 is 10.6 Å². The van der Waals surface area contributed by atoms with E-state index >= 15 is 0 Å². The van der Waals surface area contributed by atoms with E-state index in [4.69, 9.17) is 17.3 Å². The maximum absolute atomic E-state index is 11.6. The number of amides is 1. The minimum Gasteiger partial charge on any atom is -0.392 e. The molecule has 0 radical (unpaired) electrons. The highest BCUT2D eigenvalue weighted by atomic mass is 35.5. The Balaban J connectivity index is 3.35. The van der Waals surface area contributed by atoms with E-state index in [-0.39, 0.29) is 27.9 Å². The SMILES string of the molecule is CN(C)C(=O)c1cc(Cl)c(N)c([N+](=O)[O-])c1. The van der Waals surface area contributed by atoms with Gasteiger partial charge in [0, 0.05) is 25.7 Å². The van der Waals surface area contributed by atoms with Gasteiger partial charge in [0.15, 0.2) is 0 Å². The quantitative estimate of drug-likeness (QED) is 0.485. The molecule has 16 heavy (non-hydrogen) atoms. The Labute approximate surface area is 96.7 Å². The number of anilines is 1. The molecule has 0 spiro atoms. The minimum atomic E-state index is -0.673. The lowest BCUT2D eigenvalue weighted by Crippen LogP contribution is -2.21. The predicted molar refractivity (Wildman–Crippen MR) is 60.5 cm³/mol. The monoisotopic (exact) mass is 243 g/mol. The van der Waals surface area contributed by atoms with Crippen LogP contribution in [0.3, 0.4) is 0 Å². The molecule has 1 aromatic rings. The molecule has 7 heteroatoms. The van der Waals surface area contributed by atoms with Crippen molar-refractivity contribution in [3.8, 4) is 0 Å². The number of carbonyl (C=O) groups excluding carboxylic acids is 1. The summed E-state index contributed by atoms with van der Waals surface area (Å²) in [5, 5.41) is 10.7. The van der Waals surface area contributed by atoms with E-state index in [1.54, 1.807) is 14.1 Å². The number of halogens is 1. The maximum Gasteiger partial charge on any atom is 0.294 e. The molecular weight excluding hydrogens is 234 g/mol. The van der Waals surface area contributed by atoms with Crippen molar-refractivity contribution in [2.75, 3.05) is 19.8 Å². The van der Waals surface area contributed by atoms with Crippen molar-refractivity contribution in [2.24, 2.45) is 0 Å². The van der Waals surface area contributed by atoms with Crippen LogP contribution in [-0.4, -0.2) is 29.8 Å². The van der Waals surface area contributed by atoms with Crippen molar-refractivity contribution in [3.05, 3.63) is 32.8 Å². The molecular formula is C9H10ClN3O3. The number of carbonyl (C=O) groups is 1. The summed E-state index contributed by atoms with van der Waals surface area (Å²) in [7, 11) is 3.08. The van der Waals surface area contributed by atoms with Crippen LogP contribution in [-0.2, 0) is 0 Å². The zero-order valence-electron chi connectivity index (χ0n) is 8.73. The van der Waals surface area contributed by atoms with E-state index in [0.29, 0.717) is 0 Å². The average molecular weight is 244 g/mol. The molecule has 1 rings (SSSR count). The summed E-state index contributed by atoms with van der Waals surface area (Å²) in [6.07, 6.45) is 0. The number of nitro groups is 1. The highest BCUT2D eigenvalue weighted by molar-refractivity contribution is 6.34. The highest BCUT2D eigenvalue weighted by Gasteiger charge is 2.19. The van der Waals surface area contributed by atoms with Gasteiger partial charge in [-0.1, -0.05) is 11.6 Å². The van der Waals surface area contributed by atoms with Crippen LogP contribution < -0.4 is 5.73 Å². The predicted octanol–water partition coefficient (Wildman–Crippen LogP) is 1.53. The van der Waals surface area contributed by atoms with Crippen LogP contribution in [0, 0.1) is 10.1 Å². The molecule has 0 bridgehead atoms. The molecule has 0 aliphatic carbocycles. The Morgan fingerprint density at radius 2 is 2.06 bits per heavy atom. The molecule has 0 saturated carbocycles. The van der Waals surface area contributed by atoms with Gasteiger partial charge in [-0.3, -0.25) is 14.9 Å². The van der Waals surface area contributed by atoms with Crippen LogP contribution in [0.2, 0.25) is 5.02 Å². The van der Waals surface area contributed by atoms with Crippen molar-refractivity contribution in [1.82, 2.24) is 4.90 Å². The molecule has 0 aromatic heterocycles. The van der Waals surface area contributed by atoms with Gasteiger partial charge in [0.05, 0.1) is 9.95 Å². The van der Waals surface area contributed by atoms with E-state index in [0.717, 1.165) is 6.07 Å². The Morgan fingerprint density at radius 3 is 2.50 bits per heavy atom. The van der Waals surface area contributed by atoms with Crippen LogP contribution in [0.25, 0.3) is 0 Å². The Morgan fingerprint density at radius 1 is 1.50 bits per heavy atom. The van der Waals surface area contributed by atoms with Crippen LogP contribution in [0.4, 0.5) is 11.4 Å².